The summed E-state index contributed by atoms with van der Waals surface area (Å²) in [7, 11) is 6.62. The monoisotopic (exact) mass is 393 g/mol. The lowest BCUT2D eigenvalue weighted by molar-refractivity contribution is -0.115. The molecule has 0 bridgehead atoms. The third kappa shape index (κ3) is 3.69. The van der Waals surface area contributed by atoms with E-state index in [1.54, 1.807) is 46.4 Å². The van der Waals surface area contributed by atoms with Gasteiger partial charge in [0.1, 0.15) is 0 Å². The third-order valence-corrected chi connectivity index (χ3v) is 4.86. The number of para-hydroxylation sites is 1. The van der Waals surface area contributed by atoms with E-state index in [2.05, 4.69) is 5.10 Å². The van der Waals surface area contributed by atoms with Crippen molar-refractivity contribution in [2.45, 2.75) is 6.92 Å². The number of carbonyl (C=O) groups is 2. The van der Waals surface area contributed by atoms with Crippen LogP contribution in [0.15, 0.2) is 58.4 Å². The Hall–Kier alpha value is -3.68. The number of hydrogen-bond donors (Lipinski definition) is 0. The Balaban J connectivity index is 1.97. The third-order valence-electron chi connectivity index (χ3n) is 4.86. The van der Waals surface area contributed by atoms with Crippen molar-refractivity contribution in [1.29, 1.82) is 0 Å². The molecule has 0 atom stereocenters. The zero-order valence-corrected chi connectivity index (χ0v) is 17.1. The molecule has 0 fully saturated rings. The SMILES string of the molecule is CC(=O)/C(=N/N(C)c1ccccc1)C(=O)N(C)c1ccc2c(c1)n(C)c(=O)n2C. The number of imidazole rings is 1. The Morgan fingerprint density at radius 3 is 2.14 bits per heavy atom. The van der Waals surface area contributed by atoms with Gasteiger partial charge in [-0.05, 0) is 30.3 Å². The summed E-state index contributed by atoms with van der Waals surface area (Å²) >= 11 is 0. The topological polar surface area (TPSA) is 79.9 Å². The normalized spacial score (nSPS) is 11.6. The van der Waals surface area contributed by atoms with E-state index in [1.165, 1.54) is 26.0 Å². The number of nitrogens with zero attached hydrogens (tertiary/aromatic N) is 5. The Bertz CT molecular complexity index is 1170. The van der Waals surface area contributed by atoms with Crippen LogP contribution in [-0.4, -0.2) is 40.6 Å². The highest BCUT2D eigenvalue weighted by atomic mass is 16.2. The molecular weight excluding hydrogens is 370 g/mol. The van der Waals surface area contributed by atoms with Gasteiger partial charge in [-0.15, -0.1) is 0 Å². The van der Waals surface area contributed by atoms with Gasteiger partial charge in [0, 0.05) is 40.8 Å². The van der Waals surface area contributed by atoms with Crippen LogP contribution in [0.3, 0.4) is 0 Å². The lowest BCUT2D eigenvalue weighted by atomic mass is 10.2. The van der Waals surface area contributed by atoms with Gasteiger partial charge in [0.2, 0.25) is 0 Å². The van der Waals surface area contributed by atoms with Crippen molar-refractivity contribution in [2.24, 2.45) is 19.2 Å². The number of aryl methyl sites for hydroxylation is 2. The van der Waals surface area contributed by atoms with Crippen LogP contribution in [0.2, 0.25) is 0 Å². The summed E-state index contributed by atoms with van der Waals surface area (Å²) in [4.78, 5) is 38.7. The summed E-state index contributed by atoms with van der Waals surface area (Å²) in [6.45, 7) is 1.31. The largest absolute Gasteiger partial charge is 0.328 e. The number of Topliss-reactive ketones (excluding diaryl/α,β-unsaturated/α-hetero) is 1. The Morgan fingerprint density at radius 2 is 1.52 bits per heavy atom. The first-order chi connectivity index (χ1) is 13.7. The first kappa shape index (κ1) is 20.1. The van der Waals surface area contributed by atoms with Crippen molar-refractivity contribution in [3.8, 4) is 0 Å². The van der Waals surface area contributed by atoms with Crippen LogP contribution in [0.1, 0.15) is 6.92 Å². The number of amides is 1. The zero-order chi connectivity index (χ0) is 21.3. The van der Waals surface area contributed by atoms with Gasteiger partial charge >= 0.3 is 5.69 Å². The molecule has 0 radical (unpaired) electrons. The number of rotatable bonds is 5. The lowest BCUT2D eigenvalue weighted by Gasteiger charge is -2.20. The van der Waals surface area contributed by atoms with Gasteiger partial charge in [-0.25, -0.2) is 4.79 Å². The van der Waals surface area contributed by atoms with E-state index in [-0.39, 0.29) is 11.4 Å². The summed E-state index contributed by atoms with van der Waals surface area (Å²) < 4.78 is 3.05. The summed E-state index contributed by atoms with van der Waals surface area (Å²) in [5, 5.41) is 5.73. The van der Waals surface area contributed by atoms with Gasteiger partial charge < -0.3 is 4.90 Å². The molecule has 3 rings (SSSR count). The van der Waals surface area contributed by atoms with Crippen molar-refractivity contribution in [1.82, 2.24) is 9.13 Å². The molecule has 0 N–H and O–H groups in total. The van der Waals surface area contributed by atoms with Crippen LogP contribution in [0.5, 0.6) is 0 Å². The van der Waals surface area contributed by atoms with Crippen molar-refractivity contribution in [3.63, 3.8) is 0 Å². The Kier molecular flexibility index (Phi) is 5.36. The van der Waals surface area contributed by atoms with Crippen molar-refractivity contribution >= 4 is 39.8 Å². The van der Waals surface area contributed by atoms with Crippen LogP contribution >= 0.6 is 0 Å². The molecule has 0 aliphatic carbocycles. The molecule has 8 heteroatoms. The van der Waals surface area contributed by atoms with Gasteiger partial charge in [0.25, 0.3) is 5.91 Å². The van der Waals surface area contributed by atoms with Crippen LogP contribution in [0.25, 0.3) is 11.0 Å². The van der Waals surface area contributed by atoms with Crippen LogP contribution in [0.4, 0.5) is 11.4 Å². The van der Waals surface area contributed by atoms with Crippen molar-refractivity contribution < 1.29 is 9.59 Å². The van der Waals surface area contributed by atoms with Gasteiger partial charge in [0.05, 0.1) is 16.7 Å². The molecule has 0 saturated heterocycles. The second-order valence-corrected chi connectivity index (χ2v) is 6.80. The number of benzene rings is 2. The van der Waals surface area contributed by atoms with E-state index >= 15 is 0 Å². The van der Waals surface area contributed by atoms with E-state index < -0.39 is 11.7 Å². The number of hydrazone groups is 1. The highest BCUT2D eigenvalue weighted by molar-refractivity contribution is 6.67. The Morgan fingerprint density at radius 1 is 0.897 bits per heavy atom. The van der Waals surface area contributed by atoms with Crippen LogP contribution in [0, 0.1) is 0 Å². The second-order valence-electron chi connectivity index (χ2n) is 6.80. The zero-order valence-electron chi connectivity index (χ0n) is 17.1. The minimum atomic E-state index is -0.527. The molecule has 2 aromatic carbocycles. The van der Waals surface area contributed by atoms with Gasteiger partial charge in [0.15, 0.2) is 11.5 Å². The second kappa shape index (κ2) is 7.75. The number of ketones is 1. The van der Waals surface area contributed by atoms with E-state index in [0.717, 1.165) is 11.2 Å². The molecule has 1 heterocycles. The maximum Gasteiger partial charge on any atom is 0.328 e. The predicted molar refractivity (Wildman–Crippen MR) is 115 cm³/mol. The molecule has 8 nitrogen and oxygen atoms in total. The Labute approximate surface area is 168 Å². The quantitative estimate of drug-likeness (QED) is 0.377. The molecule has 1 aromatic heterocycles. The molecule has 29 heavy (non-hydrogen) atoms. The highest BCUT2D eigenvalue weighted by Crippen LogP contribution is 2.21. The van der Waals surface area contributed by atoms with Crippen molar-refractivity contribution in [2.75, 3.05) is 24.0 Å². The first-order valence-electron chi connectivity index (χ1n) is 9.04. The molecule has 0 saturated carbocycles. The minimum absolute atomic E-state index is 0.151. The molecular formula is C21H23N5O3. The van der Waals surface area contributed by atoms with E-state index in [1.807, 2.05) is 30.3 Å². The maximum absolute atomic E-state index is 13.0. The van der Waals surface area contributed by atoms with E-state index in [9.17, 15) is 14.4 Å². The highest BCUT2D eigenvalue weighted by Gasteiger charge is 2.24. The fourth-order valence-electron chi connectivity index (χ4n) is 3.10. The summed E-state index contributed by atoms with van der Waals surface area (Å²) in [5.41, 5.74) is 2.42. The lowest BCUT2D eigenvalue weighted by Crippen LogP contribution is -2.38. The molecule has 0 aliphatic rings. The molecule has 0 unspecified atom stereocenters. The number of aromatic nitrogens is 2. The van der Waals surface area contributed by atoms with Gasteiger partial charge in [-0.3, -0.25) is 23.7 Å². The van der Waals surface area contributed by atoms with Crippen molar-refractivity contribution in [3.05, 3.63) is 59.0 Å². The standard InChI is InChI=1S/C21H23N5O3/c1-14(27)19(22-26(5)15-9-7-6-8-10-15)20(28)23(2)16-11-12-17-18(13-16)25(4)21(29)24(17)3/h6-13H,1-5H3/b22-19-. The maximum atomic E-state index is 13.0. The predicted octanol–water partition coefficient (Wildman–Crippen LogP) is 1.92. The number of hydrogen-bond acceptors (Lipinski definition) is 5. The average Bonchev–Trinajstić information content (AvgIpc) is 2.94. The van der Waals surface area contributed by atoms with Gasteiger partial charge in [-0.1, -0.05) is 18.2 Å². The smallest absolute Gasteiger partial charge is 0.310 e. The molecule has 1 amide bonds. The number of carbonyl (C=O) groups excluding carboxylic acids is 2. The summed E-state index contributed by atoms with van der Waals surface area (Å²) in [5.74, 6) is -0.960. The average molecular weight is 393 g/mol. The molecule has 0 aliphatic heterocycles. The van der Waals surface area contributed by atoms with E-state index in [4.69, 9.17) is 0 Å². The van der Waals surface area contributed by atoms with Crippen LogP contribution < -0.4 is 15.6 Å². The summed E-state index contributed by atoms with van der Waals surface area (Å²) in [6, 6.07) is 14.5. The molecule has 0 spiro atoms. The summed E-state index contributed by atoms with van der Waals surface area (Å²) in [6.07, 6.45) is 0. The fourth-order valence-corrected chi connectivity index (χ4v) is 3.10. The number of fused-ring (bicyclic) bond motifs is 1. The molecule has 150 valence electrons. The number of anilines is 2. The van der Waals surface area contributed by atoms with E-state index in [0.29, 0.717) is 11.2 Å². The fraction of sp³-hybridized carbons (Fsp3) is 0.238. The molecule has 3 aromatic rings. The van der Waals surface area contributed by atoms with Crippen LogP contribution in [-0.2, 0) is 23.7 Å². The first-order valence-corrected chi connectivity index (χ1v) is 9.04. The minimum Gasteiger partial charge on any atom is -0.310 e. The van der Waals surface area contributed by atoms with Gasteiger partial charge in [-0.2, -0.15) is 5.10 Å².